The van der Waals surface area contributed by atoms with Gasteiger partial charge in [0, 0.05) is 42.9 Å². The lowest BCUT2D eigenvalue weighted by Crippen LogP contribution is -2.31. The fourth-order valence-corrected chi connectivity index (χ4v) is 4.99. The van der Waals surface area contributed by atoms with Crippen molar-refractivity contribution in [1.29, 1.82) is 0 Å². The van der Waals surface area contributed by atoms with E-state index in [0.717, 1.165) is 45.5 Å². The highest BCUT2D eigenvalue weighted by atomic mass is 16.2. The summed E-state index contributed by atoms with van der Waals surface area (Å²) < 4.78 is 1.96. The van der Waals surface area contributed by atoms with Gasteiger partial charge in [0.1, 0.15) is 5.69 Å². The largest absolute Gasteiger partial charge is 0.368 e. The van der Waals surface area contributed by atoms with Crippen LogP contribution in [-0.2, 0) is 24.7 Å². The number of fused-ring (bicyclic) bond motifs is 2. The van der Waals surface area contributed by atoms with Gasteiger partial charge >= 0.3 is 0 Å². The van der Waals surface area contributed by atoms with E-state index in [9.17, 15) is 9.59 Å². The number of hydrogen-bond acceptors (Lipinski definition) is 7. The Morgan fingerprint density at radius 3 is 2.83 bits per heavy atom. The monoisotopic (exact) mass is 542 g/mol. The number of benzene rings is 2. The van der Waals surface area contributed by atoms with Crippen LogP contribution in [0.4, 0.5) is 11.6 Å². The molecule has 6 rings (SSSR count). The zero-order valence-corrected chi connectivity index (χ0v) is 22.5. The predicted molar refractivity (Wildman–Crippen MR) is 156 cm³/mol. The number of aryl methyl sites for hydroxylation is 1. The minimum Gasteiger partial charge on any atom is -0.368 e. The van der Waals surface area contributed by atoms with Crippen LogP contribution in [0.5, 0.6) is 0 Å². The van der Waals surface area contributed by atoms with Crippen molar-refractivity contribution in [3.05, 3.63) is 94.4 Å². The first-order chi connectivity index (χ1) is 19.9. The zero-order chi connectivity index (χ0) is 28.5. The van der Waals surface area contributed by atoms with E-state index in [0.29, 0.717) is 29.1 Å². The quantitative estimate of drug-likeness (QED) is 0.296. The van der Waals surface area contributed by atoms with E-state index in [-0.39, 0.29) is 24.2 Å². The van der Waals surface area contributed by atoms with Crippen LogP contribution in [-0.4, -0.2) is 43.1 Å². The maximum atomic E-state index is 12.9. The second-order valence-electron chi connectivity index (χ2n) is 9.84. The van der Waals surface area contributed by atoms with Gasteiger partial charge in [-0.05, 0) is 48.9 Å². The number of carbonyl (C=O) groups is 2. The van der Waals surface area contributed by atoms with Gasteiger partial charge in [-0.3, -0.25) is 9.59 Å². The lowest BCUT2D eigenvalue weighted by Gasteiger charge is -2.14. The third-order valence-electron chi connectivity index (χ3n) is 6.96. The van der Waals surface area contributed by atoms with Crippen molar-refractivity contribution in [3.8, 4) is 23.2 Å². The van der Waals surface area contributed by atoms with Crippen LogP contribution in [0.15, 0.2) is 60.8 Å². The first kappa shape index (κ1) is 25.7. The van der Waals surface area contributed by atoms with E-state index in [1.54, 1.807) is 6.20 Å². The molecule has 2 aromatic carbocycles. The lowest BCUT2D eigenvalue weighted by molar-refractivity contribution is -0.115. The summed E-state index contributed by atoms with van der Waals surface area (Å²) >= 11 is 0. The van der Waals surface area contributed by atoms with Gasteiger partial charge in [0.25, 0.3) is 5.91 Å². The molecular formula is C31H26N8O2. The molecule has 1 aliphatic heterocycles. The van der Waals surface area contributed by atoms with Crippen LogP contribution in [0.3, 0.4) is 0 Å². The Balaban J connectivity index is 1.25. The van der Waals surface area contributed by atoms with E-state index < -0.39 is 0 Å². The molecule has 0 atom stereocenters. The van der Waals surface area contributed by atoms with Gasteiger partial charge in [-0.1, -0.05) is 30.0 Å². The van der Waals surface area contributed by atoms with Crippen molar-refractivity contribution in [2.75, 3.05) is 17.6 Å². The van der Waals surface area contributed by atoms with E-state index in [2.05, 4.69) is 42.6 Å². The highest BCUT2D eigenvalue weighted by Crippen LogP contribution is 2.28. The van der Waals surface area contributed by atoms with Gasteiger partial charge in [0.15, 0.2) is 0 Å². The molecule has 0 saturated heterocycles. The topological polar surface area (TPSA) is 141 Å². The molecule has 2 amide bonds. The number of nitrogen functional groups attached to an aromatic ring is 1. The molecule has 0 spiro atoms. The molecule has 0 radical (unpaired) electrons. The third kappa shape index (κ3) is 5.21. The van der Waals surface area contributed by atoms with Crippen molar-refractivity contribution < 1.29 is 9.59 Å². The average molecular weight is 543 g/mol. The van der Waals surface area contributed by atoms with Gasteiger partial charge in [-0.2, -0.15) is 10.2 Å². The summed E-state index contributed by atoms with van der Waals surface area (Å²) in [7, 11) is 1.91. The molecule has 4 heterocycles. The lowest BCUT2D eigenvalue weighted by atomic mass is 10.1. The van der Waals surface area contributed by atoms with Crippen LogP contribution in [0.1, 0.15) is 38.4 Å². The number of nitrogens with zero attached hydrogens (tertiary/aromatic N) is 5. The summed E-state index contributed by atoms with van der Waals surface area (Å²) in [5.41, 5.74) is 13.1. The number of nitrogens with two attached hydrogens (primary N) is 1. The summed E-state index contributed by atoms with van der Waals surface area (Å²) in [6, 6.07) is 16.8. The summed E-state index contributed by atoms with van der Waals surface area (Å²) in [6.07, 6.45) is 2.49. The highest BCUT2D eigenvalue weighted by molar-refractivity contribution is 6.01. The Morgan fingerprint density at radius 2 is 1.98 bits per heavy atom. The number of nitrogens with one attached hydrogen (secondary N) is 2. The number of aromatic nitrogens is 5. The number of anilines is 2. The van der Waals surface area contributed by atoms with Gasteiger partial charge in [0.2, 0.25) is 11.9 Å². The number of hydrogen-bond donors (Lipinski definition) is 3. The Morgan fingerprint density at radius 1 is 1.12 bits per heavy atom. The van der Waals surface area contributed by atoms with Crippen LogP contribution < -0.4 is 16.4 Å². The van der Waals surface area contributed by atoms with Gasteiger partial charge in [0.05, 0.1) is 40.1 Å². The smallest absolute Gasteiger partial charge is 0.253 e. The summed E-state index contributed by atoms with van der Waals surface area (Å²) in [5, 5.41) is 15.0. The Labute approximate surface area is 236 Å². The van der Waals surface area contributed by atoms with E-state index >= 15 is 0 Å². The minimum atomic E-state index is -0.150. The van der Waals surface area contributed by atoms with Gasteiger partial charge in [-0.15, -0.1) is 0 Å². The van der Waals surface area contributed by atoms with E-state index in [1.165, 1.54) is 0 Å². The molecule has 0 aliphatic carbocycles. The van der Waals surface area contributed by atoms with Crippen molar-refractivity contribution in [2.24, 2.45) is 7.05 Å². The van der Waals surface area contributed by atoms with E-state index in [4.69, 9.17) is 5.73 Å². The molecular weight excluding hydrogens is 516 g/mol. The number of carbonyl (C=O) groups excluding carboxylic acids is 2. The molecule has 5 aromatic rings. The zero-order valence-electron chi connectivity index (χ0n) is 22.5. The molecule has 3 aromatic heterocycles. The summed E-state index contributed by atoms with van der Waals surface area (Å²) in [4.78, 5) is 33.9. The molecule has 10 heteroatoms. The molecule has 1 aliphatic rings. The summed E-state index contributed by atoms with van der Waals surface area (Å²) in [5.74, 6) is 6.20. The average Bonchev–Trinajstić information content (AvgIpc) is 3.30. The predicted octanol–water partition coefficient (Wildman–Crippen LogP) is 3.18. The highest BCUT2D eigenvalue weighted by Gasteiger charge is 2.24. The molecule has 0 saturated carbocycles. The van der Waals surface area contributed by atoms with Gasteiger partial charge in [-0.25, -0.2) is 9.97 Å². The van der Waals surface area contributed by atoms with Gasteiger partial charge < -0.3 is 20.9 Å². The standard InChI is InChI=1S/C31H26N8O2/c1-18-13-22-24(7-4-8-25(22)38-37-18)35-28(40)15-20-6-3-5-19(14-20)9-10-21-17-34-31(32)36-29(21)27-16-23-26(39(27)2)11-12-33-30(23)41/h3-8,13-14,16-17H,11-12,15H2,1-2H3,(H,33,41)(H,35,40)(H2,32,34,36). The molecule has 0 bridgehead atoms. The SMILES string of the molecule is Cc1cc2c(NC(=O)Cc3cccc(C#Cc4cnc(N)nc4-c4cc5c(n4C)CCNC5=O)c3)cccc2nn1. The van der Waals surface area contributed by atoms with Crippen molar-refractivity contribution in [1.82, 2.24) is 30.0 Å². The first-order valence-electron chi connectivity index (χ1n) is 13.1. The second kappa shape index (κ2) is 10.5. The van der Waals surface area contributed by atoms with Crippen LogP contribution in [0.25, 0.3) is 22.3 Å². The van der Waals surface area contributed by atoms with Crippen LogP contribution in [0.2, 0.25) is 0 Å². The normalized spacial score (nSPS) is 12.3. The first-order valence-corrected chi connectivity index (χ1v) is 13.1. The maximum Gasteiger partial charge on any atom is 0.253 e. The minimum absolute atomic E-state index is 0.104. The molecule has 4 N–H and O–H groups in total. The molecule has 10 nitrogen and oxygen atoms in total. The Kier molecular flexibility index (Phi) is 6.61. The maximum absolute atomic E-state index is 12.9. The molecule has 202 valence electrons. The van der Waals surface area contributed by atoms with Crippen molar-refractivity contribution in [2.45, 2.75) is 19.8 Å². The van der Waals surface area contributed by atoms with Crippen LogP contribution >= 0.6 is 0 Å². The van der Waals surface area contributed by atoms with E-state index in [1.807, 2.05) is 73.1 Å². The van der Waals surface area contributed by atoms with Crippen molar-refractivity contribution in [3.63, 3.8) is 0 Å². The fraction of sp³-hybridized carbons (Fsp3) is 0.161. The molecule has 0 unspecified atom stereocenters. The molecule has 0 fully saturated rings. The number of amides is 2. The Bertz CT molecular complexity index is 1920. The van der Waals surface area contributed by atoms with Crippen LogP contribution in [0, 0.1) is 18.8 Å². The van der Waals surface area contributed by atoms with Crippen molar-refractivity contribution >= 4 is 34.4 Å². The Hall–Kier alpha value is -5.56. The fourth-order valence-electron chi connectivity index (χ4n) is 4.99. The third-order valence-corrected chi connectivity index (χ3v) is 6.96. The second-order valence-corrected chi connectivity index (χ2v) is 9.84. The summed E-state index contributed by atoms with van der Waals surface area (Å²) in [6.45, 7) is 2.45. The number of rotatable bonds is 4. The molecule has 41 heavy (non-hydrogen) atoms.